The smallest absolute Gasteiger partial charge is 0.331 e. The molecule has 0 atom stereocenters. The van der Waals surface area contributed by atoms with Gasteiger partial charge in [-0.15, -0.1) is 0 Å². The molecule has 1 aromatic carbocycles. The van der Waals surface area contributed by atoms with Crippen molar-refractivity contribution in [3.05, 3.63) is 42.0 Å². The lowest BCUT2D eigenvalue weighted by Crippen LogP contribution is -2.20. The van der Waals surface area contributed by atoms with Crippen LogP contribution in [0.2, 0.25) is 0 Å². The standard InChI is InChI=1S/C15H17NO5/c1-3-20-14(18)8-9-15(19)21-10-13(17)16-12-6-4-11(2)5-7-12/h4-9H,3,10H2,1-2H3,(H,16,17)/b9-8+. The summed E-state index contributed by atoms with van der Waals surface area (Å²) in [4.78, 5) is 33.8. The normalized spacial score (nSPS) is 10.2. The van der Waals surface area contributed by atoms with Gasteiger partial charge in [-0.25, -0.2) is 9.59 Å². The molecule has 0 unspecified atom stereocenters. The van der Waals surface area contributed by atoms with Crippen LogP contribution in [0.5, 0.6) is 0 Å². The third-order valence-corrected chi connectivity index (χ3v) is 2.32. The van der Waals surface area contributed by atoms with Crippen LogP contribution < -0.4 is 5.32 Å². The first-order chi connectivity index (χ1) is 10.0. The minimum Gasteiger partial charge on any atom is -0.463 e. The second kappa shape index (κ2) is 8.52. The molecule has 1 amide bonds. The number of hydrogen-bond acceptors (Lipinski definition) is 5. The van der Waals surface area contributed by atoms with Crippen LogP contribution in [0.25, 0.3) is 0 Å². The molecule has 0 spiro atoms. The Labute approximate surface area is 122 Å². The minimum absolute atomic E-state index is 0.219. The highest BCUT2D eigenvalue weighted by atomic mass is 16.5. The van der Waals surface area contributed by atoms with Gasteiger partial charge in [-0.3, -0.25) is 4.79 Å². The van der Waals surface area contributed by atoms with Gasteiger partial charge in [0.25, 0.3) is 5.91 Å². The summed E-state index contributed by atoms with van der Waals surface area (Å²) >= 11 is 0. The molecule has 0 radical (unpaired) electrons. The number of carbonyl (C=O) groups is 3. The first-order valence-electron chi connectivity index (χ1n) is 6.39. The van der Waals surface area contributed by atoms with Crippen LogP contribution in [0.4, 0.5) is 5.69 Å². The number of rotatable bonds is 6. The third-order valence-electron chi connectivity index (χ3n) is 2.32. The van der Waals surface area contributed by atoms with E-state index in [1.54, 1.807) is 19.1 Å². The van der Waals surface area contributed by atoms with Gasteiger partial charge in [-0.1, -0.05) is 17.7 Å². The molecule has 0 fully saturated rings. The molecule has 21 heavy (non-hydrogen) atoms. The lowest BCUT2D eigenvalue weighted by atomic mass is 10.2. The summed E-state index contributed by atoms with van der Waals surface area (Å²) in [5.74, 6) is -1.89. The molecule has 1 N–H and O–H groups in total. The summed E-state index contributed by atoms with van der Waals surface area (Å²) in [5, 5.41) is 2.58. The SMILES string of the molecule is CCOC(=O)/C=C/C(=O)OCC(=O)Nc1ccc(C)cc1. The lowest BCUT2D eigenvalue weighted by Gasteiger charge is -2.05. The molecule has 0 aliphatic carbocycles. The number of hydrogen-bond donors (Lipinski definition) is 1. The molecule has 0 heterocycles. The van der Waals surface area contributed by atoms with E-state index >= 15 is 0 Å². The molecule has 1 aromatic rings. The van der Waals surface area contributed by atoms with E-state index in [1.807, 2.05) is 19.1 Å². The molecule has 0 aromatic heterocycles. The van der Waals surface area contributed by atoms with Crippen molar-refractivity contribution in [1.29, 1.82) is 0 Å². The van der Waals surface area contributed by atoms with Crippen molar-refractivity contribution in [2.45, 2.75) is 13.8 Å². The third kappa shape index (κ3) is 6.91. The number of amides is 1. The van der Waals surface area contributed by atoms with E-state index in [9.17, 15) is 14.4 Å². The molecule has 6 heteroatoms. The fourth-order valence-corrected chi connectivity index (χ4v) is 1.35. The van der Waals surface area contributed by atoms with E-state index in [4.69, 9.17) is 0 Å². The van der Waals surface area contributed by atoms with Crippen molar-refractivity contribution < 1.29 is 23.9 Å². The van der Waals surface area contributed by atoms with Gasteiger partial charge in [0.05, 0.1) is 6.61 Å². The summed E-state index contributed by atoms with van der Waals surface area (Å²) in [6.07, 6.45) is 1.86. The molecular weight excluding hydrogens is 274 g/mol. The van der Waals surface area contributed by atoms with Gasteiger partial charge in [-0.2, -0.15) is 0 Å². The predicted molar refractivity (Wildman–Crippen MR) is 76.5 cm³/mol. The Balaban J connectivity index is 2.34. The Morgan fingerprint density at radius 1 is 1.05 bits per heavy atom. The van der Waals surface area contributed by atoms with E-state index in [0.29, 0.717) is 5.69 Å². The molecule has 112 valence electrons. The van der Waals surface area contributed by atoms with E-state index in [2.05, 4.69) is 14.8 Å². The Kier molecular flexibility index (Phi) is 6.67. The van der Waals surface area contributed by atoms with Crippen molar-refractivity contribution in [1.82, 2.24) is 0 Å². The van der Waals surface area contributed by atoms with Gasteiger partial charge in [0.2, 0.25) is 0 Å². The van der Waals surface area contributed by atoms with Crippen LogP contribution in [-0.2, 0) is 23.9 Å². The van der Waals surface area contributed by atoms with E-state index in [-0.39, 0.29) is 6.61 Å². The summed E-state index contributed by atoms with van der Waals surface area (Å²) < 4.78 is 9.28. The lowest BCUT2D eigenvalue weighted by molar-refractivity contribution is -0.143. The molecule has 0 bridgehead atoms. The number of carbonyl (C=O) groups excluding carboxylic acids is 3. The van der Waals surface area contributed by atoms with Crippen molar-refractivity contribution in [3.8, 4) is 0 Å². The highest BCUT2D eigenvalue weighted by molar-refractivity contribution is 5.95. The zero-order valence-corrected chi connectivity index (χ0v) is 11.9. The summed E-state index contributed by atoms with van der Waals surface area (Å²) in [7, 11) is 0. The average Bonchev–Trinajstić information content (AvgIpc) is 2.46. The number of ether oxygens (including phenoxy) is 2. The maximum atomic E-state index is 11.5. The minimum atomic E-state index is -0.790. The van der Waals surface area contributed by atoms with Gasteiger partial charge in [0, 0.05) is 17.8 Å². The maximum Gasteiger partial charge on any atom is 0.331 e. The van der Waals surface area contributed by atoms with Crippen LogP contribution in [0.3, 0.4) is 0 Å². The van der Waals surface area contributed by atoms with Crippen LogP contribution in [0.1, 0.15) is 12.5 Å². The van der Waals surface area contributed by atoms with Gasteiger partial charge >= 0.3 is 11.9 Å². The molecule has 0 aliphatic heterocycles. The summed E-state index contributed by atoms with van der Waals surface area (Å²) in [6, 6.07) is 7.19. The average molecular weight is 291 g/mol. The van der Waals surface area contributed by atoms with E-state index in [0.717, 1.165) is 17.7 Å². The molecule has 0 aliphatic rings. The van der Waals surface area contributed by atoms with Crippen molar-refractivity contribution in [2.75, 3.05) is 18.5 Å². The van der Waals surface area contributed by atoms with Gasteiger partial charge in [0.15, 0.2) is 6.61 Å². The monoisotopic (exact) mass is 291 g/mol. The van der Waals surface area contributed by atoms with E-state index < -0.39 is 24.5 Å². The highest BCUT2D eigenvalue weighted by Crippen LogP contribution is 2.08. The van der Waals surface area contributed by atoms with Crippen molar-refractivity contribution in [2.24, 2.45) is 0 Å². The first kappa shape index (κ1) is 16.4. The number of nitrogens with one attached hydrogen (secondary N) is 1. The van der Waals surface area contributed by atoms with Crippen LogP contribution in [0.15, 0.2) is 36.4 Å². The second-order valence-corrected chi connectivity index (χ2v) is 4.11. The molecule has 6 nitrogen and oxygen atoms in total. The number of esters is 2. The maximum absolute atomic E-state index is 11.5. The Hall–Kier alpha value is -2.63. The Morgan fingerprint density at radius 2 is 1.62 bits per heavy atom. The molecule has 0 saturated heterocycles. The highest BCUT2D eigenvalue weighted by Gasteiger charge is 2.06. The molecule has 1 rings (SSSR count). The number of aryl methyl sites for hydroxylation is 1. The number of anilines is 1. The first-order valence-corrected chi connectivity index (χ1v) is 6.39. The number of benzene rings is 1. The second-order valence-electron chi connectivity index (χ2n) is 4.11. The van der Waals surface area contributed by atoms with Gasteiger partial charge in [-0.05, 0) is 26.0 Å². The molecular formula is C15H17NO5. The van der Waals surface area contributed by atoms with Crippen LogP contribution in [-0.4, -0.2) is 31.1 Å². The fourth-order valence-electron chi connectivity index (χ4n) is 1.35. The van der Waals surface area contributed by atoms with E-state index in [1.165, 1.54) is 0 Å². The quantitative estimate of drug-likeness (QED) is 0.636. The Bertz CT molecular complexity index is 533. The molecule has 0 saturated carbocycles. The van der Waals surface area contributed by atoms with Crippen molar-refractivity contribution in [3.63, 3.8) is 0 Å². The predicted octanol–water partition coefficient (Wildman–Crippen LogP) is 1.60. The zero-order chi connectivity index (χ0) is 15.7. The Morgan fingerprint density at radius 3 is 2.19 bits per heavy atom. The van der Waals surface area contributed by atoms with Gasteiger partial charge in [0.1, 0.15) is 0 Å². The largest absolute Gasteiger partial charge is 0.463 e. The van der Waals surface area contributed by atoms with Crippen LogP contribution >= 0.6 is 0 Å². The zero-order valence-electron chi connectivity index (χ0n) is 11.9. The van der Waals surface area contributed by atoms with Gasteiger partial charge < -0.3 is 14.8 Å². The van der Waals surface area contributed by atoms with Crippen molar-refractivity contribution >= 4 is 23.5 Å². The van der Waals surface area contributed by atoms with Crippen LogP contribution in [0, 0.1) is 6.92 Å². The topological polar surface area (TPSA) is 81.7 Å². The fraction of sp³-hybridized carbons (Fsp3) is 0.267. The summed E-state index contributed by atoms with van der Waals surface area (Å²) in [6.45, 7) is 3.37. The summed E-state index contributed by atoms with van der Waals surface area (Å²) in [5.41, 5.74) is 1.69.